The van der Waals surface area contributed by atoms with E-state index in [0.717, 1.165) is 11.1 Å². The van der Waals surface area contributed by atoms with Gasteiger partial charge in [0.25, 0.3) is 5.91 Å². The van der Waals surface area contributed by atoms with Gasteiger partial charge in [-0.2, -0.15) is 5.10 Å². The Balaban J connectivity index is 2.07. The number of carbonyl (C=O) groups excluding carboxylic acids is 1. The molecular weight excluding hydrogens is 280 g/mol. The molecule has 0 unspecified atom stereocenters. The van der Waals surface area contributed by atoms with Gasteiger partial charge in [-0.05, 0) is 42.3 Å². The first-order valence-electron chi connectivity index (χ1n) is 6.76. The maximum Gasteiger partial charge on any atom is 0.271 e. The molecule has 0 spiro atoms. The van der Waals surface area contributed by atoms with E-state index < -0.39 is 0 Å². The van der Waals surface area contributed by atoms with E-state index in [2.05, 4.69) is 10.5 Å². The standard InChI is InChI=1S/C17H18N2O3/c1-12-6-4-5-7-14(12)17(20)19-18-11-13-8-9-15(21-2)16(10-13)22-3/h4-11H,1-3H3,(H,19,20)/b18-11-. The Kier molecular flexibility index (Phi) is 5.14. The predicted octanol–water partition coefficient (Wildman–Crippen LogP) is 2.78. The van der Waals surface area contributed by atoms with Crippen LogP contribution in [0.2, 0.25) is 0 Å². The minimum atomic E-state index is -0.241. The molecule has 2 aromatic rings. The van der Waals surface area contributed by atoms with Gasteiger partial charge in [-0.25, -0.2) is 5.43 Å². The van der Waals surface area contributed by atoms with Crippen LogP contribution in [0.4, 0.5) is 0 Å². The summed E-state index contributed by atoms with van der Waals surface area (Å²) in [5.74, 6) is 1.01. The molecule has 0 aliphatic heterocycles. The largest absolute Gasteiger partial charge is 0.493 e. The van der Waals surface area contributed by atoms with Crippen molar-refractivity contribution in [3.8, 4) is 11.5 Å². The van der Waals surface area contributed by atoms with E-state index >= 15 is 0 Å². The van der Waals surface area contributed by atoms with Gasteiger partial charge in [-0.3, -0.25) is 4.79 Å². The van der Waals surface area contributed by atoms with Crippen LogP contribution in [0.15, 0.2) is 47.6 Å². The van der Waals surface area contributed by atoms with Crippen molar-refractivity contribution in [2.75, 3.05) is 14.2 Å². The van der Waals surface area contributed by atoms with E-state index in [0.29, 0.717) is 17.1 Å². The van der Waals surface area contributed by atoms with E-state index in [-0.39, 0.29) is 5.91 Å². The van der Waals surface area contributed by atoms with E-state index in [1.54, 1.807) is 38.6 Å². The van der Waals surface area contributed by atoms with E-state index in [1.165, 1.54) is 0 Å². The predicted molar refractivity (Wildman–Crippen MR) is 85.8 cm³/mol. The SMILES string of the molecule is COc1ccc(/C=N\NC(=O)c2ccccc2C)cc1OC. The Bertz CT molecular complexity index is 696. The average Bonchev–Trinajstić information content (AvgIpc) is 2.55. The lowest BCUT2D eigenvalue weighted by Gasteiger charge is -2.07. The summed E-state index contributed by atoms with van der Waals surface area (Å²) in [4.78, 5) is 12.0. The van der Waals surface area contributed by atoms with E-state index in [9.17, 15) is 4.79 Å². The van der Waals surface area contributed by atoms with Crippen LogP contribution in [0.25, 0.3) is 0 Å². The van der Waals surface area contributed by atoms with Gasteiger partial charge in [0.15, 0.2) is 11.5 Å². The summed E-state index contributed by atoms with van der Waals surface area (Å²) in [7, 11) is 3.15. The Morgan fingerprint density at radius 1 is 1.09 bits per heavy atom. The minimum absolute atomic E-state index is 0.241. The highest BCUT2D eigenvalue weighted by atomic mass is 16.5. The van der Waals surface area contributed by atoms with Crippen molar-refractivity contribution in [2.45, 2.75) is 6.92 Å². The summed E-state index contributed by atoms with van der Waals surface area (Å²) < 4.78 is 10.4. The summed E-state index contributed by atoms with van der Waals surface area (Å²) in [5, 5.41) is 3.97. The molecule has 0 bridgehead atoms. The number of amides is 1. The number of rotatable bonds is 5. The quantitative estimate of drug-likeness (QED) is 0.682. The fourth-order valence-electron chi connectivity index (χ4n) is 1.99. The minimum Gasteiger partial charge on any atom is -0.493 e. The van der Waals surface area contributed by atoms with Crippen LogP contribution in [0.5, 0.6) is 11.5 Å². The zero-order valence-corrected chi connectivity index (χ0v) is 12.8. The second-order valence-corrected chi connectivity index (χ2v) is 4.63. The molecule has 2 rings (SSSR count). The molecule has 114 valence electrons. The van der Waals surface area contributed by atoms with Crippen LogP contribution in [-0.4, -0.2) is 26.3 Å². The molecule has 0 aliphatic carbocycles. The fraction of sp³-hybridized carbons (Fsp3) is 0.176. The molecule has 0 aromatic heterocycles. The second kappa shape index (κ2) is 7.26. The lowest BCUT2D eigenvalue weighted by atomic mass is 10.1. The monoisotopic (exact) mass is 298 g/mol. The number of hydrazone groups is 1. The summed E-state index contributed by atoms with van der Waals surface area (Å²) in [6.45, 7) is 1.88. The number of ether oxygens (including phenoxy) is 2. The highest BCUT2D eigenvalue weighted by Gasteiger charge is 2.06. The van der Waals surface area contributed by atoms with Crippen molar-refractivity contribution < 1.29 is 14.3 Å². The number of hydrogen-bond donors (Lipinski definition) is 1. The Morgan fingerprint density at radius 3 is 2.50 bits per heavy atom. The summed E-state index contributed by atoms with van der Waals surface area (Å²) in [6.07, 6.45) is 1.55. The molecule has 0 radical (unpaired) electrons. The molecule has 5 heteroatoms. The number of benzene rings is 2. The molecule has 22 heavy (non-hydrogen) atoms. The molecule has 0 saturated heterocycles. The van der Waals surface area contributed by atoms with Crippen LogP contribution in [-0.2, 0) is 0 Å². The molecule has 0 fully saturated rings. The normalized spacial score (nSPS) is 10.5. The molecule has 0 aliphatic rings. The number of carbonyl (C=O) groups is 1. The van der Waals surface area contributed by atoms with Gasteiger partial charge in [-0.1, -0.05) is 18.2 Å². The van der Waals surface area contributed by atoms with Crippen LogP contribution >= 0.6 is 0 Å². The molecule has 0 heterocycles. The first kappa shape index (κ1) is 15.6. The molecule has 5 nitrogen and oxygen atoms in total. The average molecular weight is 298 g/mol. The molecule has 1 amide bonds. The lowest BCUT2D eigenvalue weighted by Crippen LogP contribution is -2.18. The van der Waals surface area contributed by atoms with Crippen molar-refractivity contribution in [3.05, 3.63) is 59.2 Å². The number of hydrogen-bond acceptors (Lipinski definition) is 4. The Morgan fingerprint density at radius 2 is 1.82 bits per heavy atom. The first-order chi connectivity index (χ1) is 10.7. The molecule has 1 N–H and O–H groups in total. The molecule has 2 aromatic carbocycles. The number of aryl methyl sites for hydroxylation is 1. The van der Waals surface area contributed by atoms with Gasteiger partial charge in [-0.15, -0.1) is 0 Å². The first-order valence-corrected chi connectivity index (χ1v) is 6.76. The summed E-state index contributed by atoms with van der Waals surface area (Å²) >= 11 is 0. The zero-order chi connectivity index (χ0) is 15.9. The van der Waals surface area contributed by atoms with Crippen LogP contribution < -0.4 is 14.9 Å². The third kappa shape index (κ3) is 3.63. The fourth-order valence-corrected chi connectivity index (χ4v) is 1.99. The van der Waals surface area contributed by atoms with Gasteiger partial charge in [0, 0.05) is 5.56 Å². The molecular formula is C17H18N2O3. The third-order valence-corrected chi connectivity index (χ3v) is 3.18. The van der Waals surface area contributed by atoms with Gasteiger partial charge < -0.3 is 9.47 Å². The van der Waals surface area contributed by atoms with Crippen LogP contribution in [0.3, 0.4) is 0 Å². The number of nitrogens with zero attached hydrogens (tertiary/aromatic N) is 1. The topological polar surface area (TPSA) is 59.9 Å². The highest BCUT2D eigenvalue weighted by molar-refractivity contribution is 5.96. The summed E-state index contributed by atoms with van der Waals surface area (Å²) in [6, 6.07) is 12.7. The van der Waals surface area contributed by atoms with E-state index in [4.69, 9.17) is 9.47 Å². The maximum absolute atomic E-state index is 12.0. The van der Waals surface area contributed by atoms with Crippen LogP contribution in [0, 0.1) is 6.92 Å². The van der Waals surface area contributed by atoms with Gasteiger partial charge in [0.1, 0.15) is 0 Å². The van der Waals surface area contributed by atoms with Gasteiger partial charge in [0.2, 0.25) is 0 Å². The third-order valence-electron chi connectivity index (χ3n) is 3.18. The van der Waals surface area contributed by atoms with Crippen molar-refractivity contribution in [2.24, 2.45) is 5.10 Å². The lowest BCUT2D eigenvalue weighted by molar-refractivity contribution is 0.0954. The zero-order valence-electron chi connectivity index (χ0n) is 12.8. The Labute approximate surface area is 129 Å². The number of nitrogens with one attached hydrogen (secondary N) is 1. The maximum atomic E-state index is 12.0. The van der Waals surface area contributed by atoms with Gasteiger partial charge >= 0.3 is 0 Å². The van der Waals surface area contributed by atoms with Crippen molar-refractivity contribution in [1.82, 2.24) is 5.43 Å². The van der Waals surface area contributed by atoms with Crippen LogP contribution in [0.1, 0.15) is 21.5 Å². The van der Waals surface area contributed by atoms with E-state index in [1.807, 2.05) is 31.2 Å². The second-order valence-electron chi connectivity index (χ2n) is 4.63. The number of methoxy groups -OCH3 is 2. The molecule has 0 atom stereocenters. The Hall–Kier alpha value is -2.82. The molecule has 0 saturated carbocycles. The van der Waals surface area contributed by atoms with Crippen molar-refractivity contribution in [3.63, 3.8) is 0 Å². The summed E-state index contributed by atoms with van der Waals surface area (Å²) in [5.41, 5.74) is 4.81. The van der Waals surface area contributed by atoms with Crippen molar-refractivity contribution >= 4 is 12.1 Å². The van der Waals surface area contributed by atoms with Gasteiger partial charge in [0.05, 0.1) is 20.4 Å². The highest BCUT2D eigenvalue weighted by Crippen LogP contribution is 2.26. The smallest absolute Gasteiger partial charge is 0.271 e. The van der Waals surface area contributed by atoms with Crippen molar-refractivity contribution in [1.29, 1.82) is 0 Å².